The summed E-state index contributed by atoms with van der Waals surface area (Å²) in [6, 6.07) is 4.75. The van der Waals surface area contributed by atoms with Gasteiger partial charge in [0.05, 0.1) is 17.0 Å². The molecule has 0 amide bonds. The molecule has 0 saturated heterocycles. The van der Waals surface area contributed by atoms with Crippen molar-refractivity contribution < 1.29 is 14.3 Å². The number of aliphatic carboxylic acids is 1. The number of hydrogen-bond acceptors (Lipinski definition) is 3. The number of carboxylic acids is 1. The van der Waals surface area contributed by atoms with Crippen LogP contribution in [0.4, 0.5) is 10.3 Å². The summed E-state index contributed by atoms with van der Waals surface area (Å²) in [6.45, 7) is 0. The van der Waals surface area contributed by atoms with Crippen LogP contribution in [0, 0.1) is 11.7 Å². The zero-order valence-electron chi connectivity index (χ0n) is 11.8. The van der Waals surface area contributed by atoms with Crippen molar-refractivity contribution in [3.8, 4) is 0 Å². The third-order valence-corrected chi connectivity index (χ3v) is 4.25. The Labute approximate surface area is 121 Å². The van der Waals surface area contributed by atoms with Crippen LogP contribution in [0.3, 0.4) is 0 Å². The van der Waals surface area contributed by atoms with Gasteiger partial charge in [0.2, 0.25) is 5.95 Å². The monoisotopic (exact) mass is 291 g/mol. The number of benzene rings is 1. The summed E-state index contributed by atoms with van der Waals surface area (Å²) >= 11 is 0. The average Bonchev–Trinajstić information content (AvgIpc) is 2.76. The second-order valence-corrected chi connectivity index (χ2v) is 5.66. The first-order valence-corrected chi connectivity index (χ1v) is 7.16. The standard InChI is InChI=1S/C15H18FN3O2/c1-19-13-8-10(16)4-7-12(13)18-15(19)17-11-5-2-9(3-6-11)14(20)21/h4,7-9,11H,2-3,5-6H2,1H3,(H,17,18)(H,20,21). The van der Waals surface area contributed by atoms with E-state index in [1.54, 1.807) is 6.07 Å². The number of aryl methyl sites for hydroxylation is 1. The maximum atomic E-state index is 13.3. The largest absolute Gasteiger partial charge is 0.481 e. The number of nitrogens with zero attached hydrogens (tertiary/aromatic N) is 2. The summed E-state index contributed by atoms with van der Waals surface area (Å²) in [6.07, 6.45) is 3.00. The van der Waals surface area contributed by atoms with Gasteiger partial charge in [0.1, 0.15) is 5.82 Å². The van der Waals surface area contributed by atoms with Gasteiger partial charge < -0.3 is 15.0 Å². The van der Waals surface area contributed by atoms with Gasteiger partial charge in [-0.05, 0) is 43.9 Å². The molecule has 1 aromatic carbocycles. The van der Waals surface area contributed by atoms with Gasteiger partial charge in [0.15, 0.2) is 0 Å². The molecule has 2 N–H and O–H groups in total. The van der Waals surface area contributed by atoms with E-state index in [9.17, 15) is 9.18 Å². The summed E-state index contributed by atoms with van der Waals surface area (Å²) in [5.74, 6) is -0.502. The number of imidazole rings is 1. The highest BCUT2D eigenvalue weighted by molar-refractivity contribution is 5.78. The fourth-order valence-electron chi connectivity index (χ4n) is 2.96. The van der Waals surface area contributed by atoms with E-state index in [-0.39, 0.29) is 17.8 Å². The molecule has 0 unspecified atom stereocenters. The predicted molar refractivity (Wildman–Crippen MR) is 77.7 cm³/mol. The normalized spacial score (nSPS) is 22.4. The van der Waals surface area contributed by atoms with E-state index < -0.39 is 5.97 Å². The highest BCUT2D eigenvalue weighted by atomic mass is 19.1. The lowest BCUT2D eigenvalue weighted by atomic mass is 9.86. The van der Waals surface area contributed by atoms with Crippen LogP contribution in [0.1, 0.15) is 25.7 Å². The minimum Gasteiger partial charge on any atom is -0.481 e. The molecule has 1 saturated carbocycles. The van der Waals surface area contributed by atoms with E-state index >= 15 is 0 Å². The van der Waals surface area contributed by atoms with Crippen LogP contribution < -0.4 is 5.32 Å². The Hall–Kier alpha value is -2.11. The zero-order valence-corrected chi connectivity index (χ0v) is 11.8. The summed E-state index contributed by atoms with van der Waals surface area (Å²) in [5, 5.41) is 12.4. The topological polar surface area (TPSA) is 67.2 Å². The van der Waals surface area contributed by atoms with E-state index in [0.717, 1.165) is 23.9 Å². The molecular weight excluding hydrogens is 273 g/mol. The minimum atomic E-state index is -0.702. The number of carbonyl (C=O) groups is 1. The molecule has 2 aromatic rings. The Bertz CT molecular complexity index is 675. The lowest BCUT2D eigenvalue weighted by molar-refractivity contribution is -0.142. The van der Waals surface area contributed by atoms with E-state index in [1.807, 2.05) is 11.6 Å². The Morgan fingerprint density at radius 1 is 1.38 bits per heavy atom. The van der Waals surface area contributed by atoms with Crippen molar-refractivity contribution in [1.82, 2.24) is 9.55 Å². The molecule has 0 spiro atoms. The highest BCUT2D eigenvalue weighted by Crippen LogP contribution is 2.27. The molecule has 1 heterocycles. The number of halogens is 1. The first kappa shape index (κ1) is 13.9. The number of nitrogens with one attached hydrogen (secondary N) is 1. The molecule has 0 bridgehead atoms. The average molecular weight is 291 g/mol. The highest BCUT2D eigenvalue weighted by Gasteiger charge is 2.26. The maximum absolute atomic E-state index is 13.3. The van der Waals surface area contributed by atoms with Crippen LogP contribution >= 0.6 is 0 Å². The third-order valence-electron chi connectivity index (χ3n) is 4.25. The zero-order chi connectivity index (χ0) is 15.0. The quantitative estimate of drug-likeness (QED) is 0.912. The van der Waals surface area contributed by atoms with Crippen molar-refractivity contribution in [2.45, 2.75) is 31.7 Å². The van der Waals surface area contributed by atoms with E-state index in [0.29, 0.717) is 18.8 Å². The molecule has 1 fully saturated rings. The number of carboxylic acid groups (broad SMARTS) is 1. The second kappa shape index (κ2) is 5.35. The molecule has 6 heteroatoms. The molecule has 0 atom stereocenters. The van der Waals surface area contributed by atoms with Crippen molar-refractivity contribution in [3.63, 3.8) is 0 Å². The van der Waals surface area contributed by atoms with Gasteiger partial charge in [-0.2, -0.15) is 0 Å². The van der Waals surface area contributed by atoms with Gasteiger partial charge >= 0.3 is 5.97 Å². The summed E-state index contributed by atoms with van der Waals surface area (Å²) in [4.78, 5) is 15.4. The minimum absolute atomic E-state index is 0.223. The van der Waals surface area contributed by atoms with Crippen LogP contribution in [0.15, 0.2) is 18.2 Å². The Morgan fingerprint density at radius 2 is 2.10 bits per heavy atom. The molecule has 1 aliphatic rings. The molecule has 1 aromatic heterocycles. The Kier molecular flexibility index (Phi) is 3.53. The maximum Gasteiger partial charge on any atom is 0.306 e. The number of aromatic nitrogens is 2. The SMILES string of the molecule is Cn1c(NC2CCC(C(=O)O)CC2)nc2ccc(F)cc21. The van der Waals surface area contributed by atoms with Crippen LogP contribution in [-0.4, -0.2) is 26.7 Å². The lowest BCUT2D eigenvalue weighted by Crippen LogP contribution is -2.30. The molecule has 112 valence electrons. The smallest absolute Gasteiger partial charge is 0.306 e. The van der Waals surface area contributed by atoms with Crippen LogP contribution in [0.25, 0.3) is 11.0 Å². The van der Waals surface area contributed by atoms with Gasteiger partial charge in [-0.25, -0.2) is 9.37 Å². The molecule has 0 radical (unpaired) electrons. The van der Waals surface area contributed by atoms with Gasteiger partial charge in [-0.1, -0.05) is 0 Å². The van der Waals surface area contributed by atoms with Crippen molar-refractivity contribution in [2.75, 3.05) is 5.32 Å². The number of fused-ring (bicyclic) bond motifs is 1. The first-order valence-electron chi connectivity index (χ1n) is 7.16. The van der Waals surface area contributed by atoms with Crippen molar-refractivity contribution in [1.29, 1.82) is 0 Å². The van der Waals surface area contributed by atoms with Gasteiger partial charge in [0.25, 0.3) is 0 Å². The van der Waals surface area contributed by atoms with Crippen LogP contribution in [0.5, 0.6) is 0 Å². The fourth-order valence-corrected chi connectivity index (χ4v) is 2.96. The summed E-state index contributed by atoms with van der Waals surface area (Å²) in [5.41, 5.74) is 1.50. The van der Waals surface area contributed by atoms with E-state index in [1.165, 1.54) is 12.1 Å². The predicted octanol–water partition coefficient (Wildman–Crippen LogP) is 2.77. The molecule has 21 heavy (non-hydrogen) atoms. The first-order chi connectivity index (χ1) is 10.0. The van der Waals surface area contributed by atoms with Crippen LogP contribution in [-0.2, 0) is 11.8 Å². The van der Waals surface area contributed by atoms with Crippen molar-refractivity contribution >= 4 is 23.0 Å². The molecule has 3 rings (SSSR count). The van der Waals surface area contributed by atoms with Gasteiger partial charge in [-0.15, -0.1) is 0 Å². The van der Waals surface area contributed by atoms with Crippen LogP contribution in [0.2, 0.25) is 0 Å². The van der Waals surface area contributed by atoms with Gasteiger partial charge in [0, 0.05) is 13.1 Å². The Morgan fingerprint density at radius 3 is 2.76 bits per heavy atom. The second-order valence-electron chi connectivity index (χ2n) is 5.66. The molecular formula is C15H18FN3O2. The number of rotatable bonds is 3. The molecule has 5 nitrogen and oxygen atoms in total. The van der Waals surface area contributed by atoms with E-state index in [2.05, 4.69) is 10.3 Å². The third kappa shape index (κ3) is 2.70. The molecule has 0 aliphatic heterocycles. The van der Waals surface area contributed by atoms with Gasteiger partial charge in [-0.3, -0.25) is 4.79 Å². The van der Waals surface area contributed by atoms with Crippen molar-refractivity contribution in [2.24, 2.45) is 13.0 Å². The van der Waals surface area contributed by atoms with E-state index in [4.69, 9.17) is 5.11 Å². The lowest BCUT2D eigenvalue weighted by Gasteiger charge is -2.27. The number of hydrogen-bond donors (Lipinski definition) is 2. The summed E-state index contributed by atoms with van der Waals surface area (Å²) in [7, 11) is 1.85. The van der Waals surface area contributed by atoms with Crippen molar-refractivity contribution in [3.05, 3.63) is 24.0 Å². The summed E-state index contributed by atoms with van der Waals surface area (Å²) < 4.78 is 15.1. The Balaban J connectivity index is 1.74. The fraction of sp³-hybridized carbons (Fsp3) is 0.467. The number of anilines is 1. The molecule has 1 aliphatic carbocycles.